The predicted octanol–water partition coefficient (Wildman–Crippen LogP) is 5.87. The molecule has 25 heavy (non-hydrogen) atoms. The van der Waals surface area contributed by atoms with E-state index in [0.29, 0.717) is 5.75 Å². The zero-order valence-electron chi connectivity index (χ0n) is 15.3. The third kappa shape index (κ3) is 4.30. The van der Waals surface area contributed by atoms with E-state index in [1.54, 1.807) is 0 Å². The van der Waals surface area contributed by atoms with Crippen LogP contribution in [0.25, 0.3) is 0 Å². The molecule has 0 radical (unpaired) electrons. The number of benzene rings is 3. The lowest BCUT2D eigenvalue weighted by Crippen LogP contribution is -2.12. The van der Waals surface area contributed by atoms with Crippen LogP contribution in [0.2, 0.25) is 0 Å². The Balaban J connectivity index is 2.03. The van der Waals surface area contributed by atoms with Gasteiger partial charge in [-0.2, -0.15) is 0 Å². The molecule has 0 aliphatic heterocycles. The van der Waals surface area contributed by atoms with Gasteiger partial charge < -0.3 is 5.11 Å². The van der Waals surface area contributed by atoms with E-state index in [0.717, 1.165) is 24.0 Å². The molecule has 0 saturated heterocycles. The summed E-state index contributed by atoms with van der Waals surface area (Å²) in [7, 11) is 0. The van der Waals surface area contributed by atoms with E-state index in [1.165, 1.54) is 16.7 Å². The maximum absolute atomic E-state index is 10.9. The topological polar surface area (TPSA) is 20.2 Å². The molecule has 128 valence electrons. The number of rotatable bonds is 4. The summed E-state index contributed by atoms with van der Waals surface area (Å²) < 4.78 is 0. The Labute approximate surface area is 151 Å². The molecular formula is C24H26O. The third-order valence-corrected chi connectivity index (χ3v) is 4.61. The molecule has 0 unspecified atom stereocenters. The highest BCUT2D eigenvalue weighted by Crippen LogP contribution is 2.33. The summed E-state index contributed by atoms with van der Waals surface area (Å²) in [4.78, 5) is 0. The van der Waals surface area contributed by atoms with E-state index >= 15 is 0 Å². The fraction of sp³-hybridized carbons (Fsp3) is 0.250. The van der Waals surface area contributed by atoms with Crippen molar-refractivity contribution in [2.75, 3.05) is 0 Å². The zero-order valence-corrected chi connectivity index (χ0v) is 15.3. The van der Waals surface area contributed by atoms with Crippen LogP contribution in [-0.2, 0) is 18.3 Å². The summed E-state index contributed by atoms with van der Waals surface area (Å²) in [5.41, 5.74) is 5.75. The van der Waals surface area contributed by atoms with Gasteiger partial charge in [-0.25, -0.2) is 0 Å². The fourth-order valence-electron chi connectivity index (χ4n) is 3.09. The average molecular weight is 330 g/mol. The normalized spacial score (nSPS) is 11.5. The van der Waals surface area contributed by atoms with Gasteiger partial charge in [0.2, 0.25) is 0 Å². The van der Waals surface area contributed by atoms with Crippen molar-refractivity contribution >= 4 is 0 Å². The minimum atomic E-state index is 0.0462. The molecule has 0 atom stereocenters. The number of aromatic hydroxyl groups is 1. The van der Waals surface area contributed by atoms with Crippen molar-refractivity contribution in [1.82, 2.24) is 0 Å². The lowest BCUT2D eigenvalue weighted by molar-refractivity contribution is 0.462. The van der Waals surface area contributed by atoms with Crippen molar-refractivity contribution in [3.63, 3.8) is 0 Å². The summed E-state index contributed by atoms with van der Waals surface area (Å²) in [6.45, 7) is 6.66. The quantitative estimate of drug-likeness (QED) is 0.634. The first-order chi connectivity index (χ1) is 11.9. The monoisotopic (exact) mass is 330 g/mol. The molecule has 1 heteroatoms. The number of hydrogen-bond acceptors (Lipinski definition) is 1. The van der Waals surface area contributed by atoms with Crippen molar-refractivity contribution in [2.45, 2.75) is 39.0 Å². The predicted molar refractivity (Wildman–Crippen MR) is 105 cm³/mol. The maximum atomic E-state index is 10.9. The first-order valence-electron chi connectivity index (χ1n) is 8.86. The molecule has 1 N–H and O–H groups in total. The first-order valence-corrected chi connectivity index (χ1v) is 8.86. The van der Waals surface area contributed by atoms with Crippen molar-refractivity contribution in [3.8, 4) is 5.75 Å². The van der Waals surface area contributed by atoms with Crippen LogP contribution in [0.1, 0.15) is 48.6 Å². The molecule has 3 rings (SSSR count). The van der Waals surface area contributed by atoms with Crippen molar-refractivity contribution < 1.29 is 5.11 Å². The van der Waals surface area contributed by atoms with E-state index in [-0.39, 0.29) is 5.41 Å². The molecule has 0 bridgehead atoms. The Morgan fingerprint density at radius 2 is 1.08 bits per heavy atom. The van der Waals surface area contributed by atoms with Crippen molar-refractivity contribution in [1.29, 1.82) is 0 Å². The average Bonchev–Trinajstić information content (AvgIpc) is 2.59. The number of phenolic OH excluding ortho intramolecular Hbond substituents is 1. The Kier molecular flexibility index (Phi) is 4.94. The van der Waals surface area contributed by atoms with Crippen LogP contribution in [0.4, 0.5) is 0 Å². The lowest BCUT2D eigenvalue weighted by Gasteiger charge is -2.23. The van der Waals surface area contributed by atoms with Crippen LogP contribution in [0.3, 0.4) is 0 Å². The van der Waals surface area contributed by atoms with Crippen molar-refractivity contribution in [2.24, 2.45) is 0 Å². The molecule has 3 aromatic carbocycles. The van der Waals surface area contributed by atoms with E-state index in [1.807, 2.05) is 36.4 Å². The van der Waals surface area contributed by atoms with Crippen LogP contribution in [0.15, 0.2) is 72.8 Å². The van der Waals surface area contributed by atoms with Crippen LogP contribution in [0, 0.1) is 0 Å². The van der Waals surface area contributed by atoms with Crippen LogP contribution in [-0.4, -0.2) is 5.11 Å². The molecule has 0 aromatic heterocycles. The van der Waals surface area contributed by atoms with Gasteiger partial charge in [-0.15, -0.1) is 0 Å². The minimum absolute atomic E-state index is 0.0462. The third-order valence-electron chi connectivity index (χ3n) is 4.61. The van der Waals surface area contributed by atoms with E-state index in [4.69, 9.17) is 0 Å². The summed E-state index contributed by atoms with van der Waals surface area (Å²) in [5, 5.41) is 10.9. The zero-order chi connectivity index (χ0) is 17.9. The molecule has 0 spiro atoms. The summed E-state index contributed by atoms with van der Waals surface area (Å²) in [6, 6.07) is 25.0. The first kappa shape index (κ1) is 17.3. The van der Waals surface area contributed by atoms with Crippen molar-refractivity contribution in [3.05, 3.63) is 101 Å². The SMILES string of the molecule is CC(C)(C)c1cc(Cc2ccccc2)c(O)c(Cc2ccccc2)c1. The lowest BCUT2D eigenvalue weighted by atomic mass is 9.83. The highest BCUT2D eigenvalue weighted by Gasteiger charge is 2.19. The molecule has 3 aromatic rings. The summed E-state index contributed by atoms with van der Waals surface area (Å²) in [5.74, 6) is 0.431. The summed E-state index contributed by atoms with van der Waals surface area (Å²) >= 11 is 0. The molecular weight excluding hydrogens is 304 g/mol. The van der Waals surface area contributed by atoms with Gasteiger partial charge in [0, 0.05) is 12.8 Å². The molecule has 0 fully saturated rings. The largest absolute Gasteiger partial charge is 0.507 e. The van der Waals surface area contributed by atoms with Gasteiger partial charge in [0.15, 0.2) is 0 Å². The highest BCUT2D eigenvalue weighted by molar-refractivity contribution is 5.49. The maximum Gasteiger partial charge on any atom is 0.122 e. The molecule has 0 aliphatic rings. The Hall–Kier alpha value is -2.54. The van der Waals surface area contributed by atoms with E-state index in [9.17, 15) is 5.11 Å². The van der Waals surface area contributed by atoms with Gasteiger partial charge in [-0.3, -0.25) is 0 Å². The van der Waals surface area contributed by atoms with Gasteiger partial charge in [0.05, 0.1) is 0 Å². The number of phenols is 1. The molecule has 0 heterocycles. The second-order valence-electron chi connectivity index (χ2n) is 7.72. The second-order valence-corrected chi connectivity index (χ2v) is 7.72. The van der Waals surface area contributed by atoms with Crippen LogP contribution in [0.5, 0.6) is 5.75 Å². The van der Waals surface area contributed by atoms with Crippen LogP contribution < -0.4 is 0 Å². The minimum Gasteiger partial charge on any atom is -0.507 e. The molecule has 1 nitrogen and oxygen atoms in total. The Bertz CT molecular complexity index is 764. The van der Waals surface area contributed by atoms with Gasteiger partial charge in [0.25, 0.3) is 0 Å². The van der Waals surface area contributed by atoms with E-state index in [2.05, 4.69) is 57.2 Å². The van der Waals surface area contributed by atoms with Gasteiger partial charge in [-0.1, -0.05) is 93.6 Å². The highest BCUT2D eigenvalue weighted by atomic mass is 16.3. The van der Waals surface area contributed by atoms with Crippen LogP contribution >= 0.6 is 0 Å². The molecule has 0 amide bonds. The molecule has 0 saturated carbocycles. The van der Waals surface area contributed by atoms with Gasteiger partial charge in [-0.05, 0) is 33.2 Å². The van der Waals surface area contributed by atoms with Gasteiger partial charge >= 0.3 is 0 Å². The second kappa shape index (κ2) is 7.14. The number of hydrogen-bond donors (Lipinski definition) is 1. The van der Waals surface area contributed by atoms with E-state index < -0.39 is 0 Å². The standard InChI is InChI=1S/C24H26O/c1-24(2,3)22-16-20(14-18-10-6-4-7-11-18)23(25)21(17-22)15-19-12-8-5-9-13-19/h4-13,16-17,25H,14-15H2,1-3H3. The Morgan fingerprint density at radius 3 is 1.44 bits per heavy atom. The Morgan fingerprint density at radius 1 is 0.680 bits per heavy atom. The fourth-order valence-corrected chi connectivity index (χ4v) is 3.09. The summed E-state index contributed by atoms with van der Waals surface area (Å²) in [6.07, 6.45) is 1.50. The van der Waals surface area contributed by atoms with Gasteiger partial charge in [0.1, 0.15) is 5.75 Å². The smallest absolute Gasteiger partial charge is 0.122 e. The molecule has 0 aliphatic carbocycles.